The monoisotopic (exact) mass is 458 g/mol. The highest BCUT2D eigenvalue weighted by atomic mass is 35.5. The number of hydrogen-bond donors (Lipinski definition) is 1. The van der Waals surface area contributed by atoms with Crippen LogP contribution < -0.4 is 5.32 Å². The maximum absolute atomic E-state index is 14.5. The van der Waals surface area contributed by atoms with Crippen molar-refractivity contribution in [2.24, 2.45) is 0 Å². The van der Waals surface area contributed by atoms with Gasteiger partial charge in [-0.1, -0.05) is 17.7 Å². The maximum Gasteiger partial charge on any atom is 0.268 e. The Hall–Kier alpha value is -1.93. The molecule has 1 aliphatic rings. The summed E-state index contributed by atoms with van der Waals surface area (Å²) in [5, 5.41) is 3.44. The fraction of sp³-hybridized carbons (Fsp3) is 0.200. The third kappa shape index (κ3) is 3.68. The van der Waals surface area contributed by atoms with Crippen LogP contribution in [0.5, 0.6) is 0 Å². The first kappa shape index (κ1) is 21.8. The van der Waals surface area contributed by atoms with Crippen LogP contribution in [0.3, 0.4) is 0 Å². The van der Waals surface area contributed by atoms with Crippen LogP contribution in [-0.4, -0.2) is 19.4 Å². The van der Waals surface area contributed by atoms with E-state index in [1.807, 2.05) is 0 Å². The lowest BCUT2D eigenvalue weighted by atomic mass is 10.1. The van der Waals surface area contributed by atoms with E-state index in [1.165, 1.54) is 22.2 Å². The predicted molar refractivity (Wildman–Crippen MR) is 111 cm³/mol. The Labute approximate surface area is 179 Å². The van der Waals surface area contributed by atoms with E-state index in [-0.39, 0.29) is 39.6 Å². The molecular formula is C20H18Cl2F2N2O2S. The highest BCUT2D eigenvalue weighted by molar-refractivity contribution is 7.90. The van der Waals surface area contributed by atoms with Crippen molar-refractivity contribution in [3.8, 4) is 11.3 Å². The molecule has 1 heterocycles. The largest absolute Gasteiger partial charge is 0.313 e. The van der Waals surface area contributed by atoms with E-state index in [1.54, 1.807) is 25.2 Å². The molecule has 0 bridgehead atoms. The zero-order valence-electron chi connectivity index (χ0n) is 15.3. The summed E-state index contributed by atoms with van der Waals surface area (Å²) in [6.45, 7) is 0. The highest BCUT2D eigenvalue weighted by Gasteiger charge is 2.33. The predicted octanol–water partition coefficient (Wildman–Crippen LogP) is 4.95. The number of aromatic nitrogens is 1. The molecule has 0 saturated heterocycles. The van der Waals surface area contributed by atoms with Crippen LogP contribution in [0.25, 0.3) is 11.3 Å². The number of fused-ring (bicyclic) bond motifs is 1. The van der Waals surface area contributed by atoms with Crippen LogP contribution in [0.1, 0.15) is 23.7 Å². The van der Waals surface area contributed by atoms with Crippen molar-refractivity contribution in [1.29, 1.82) is 0 Å². The van der Waals surface area contributed by atoms with Crippen molar-refractivity contribution in [2.75, 3.05) is 7.05 Å². The minimum absolute atomic E-state index is 0. The Balaban J connectivity index is 0.00000240. The third-order valence-electron chi connectivity index (χ3n) is 5.02. The van der Waals surface area contributed by atoms with Crippen molar-refractivity contribution >= 4 is 34.0 Å². The van der Waals surface area contributed by atoms with Gasteiger partial charge in [-0.05, 0) is 61.9 Å². The number of hydrogen-bond acceptors (Lipinski definition) is 3. The summed E-state index contributed by atoms with van der Waals surface area (Å²) in [4.78, 5) is 0.00933. The van der Waals surface area contributed by atoms with E-state index in [9.17, 15) is 17.2 Å². The fourth-order valence-electron chi connectivity index (χ4n) is 3.73. The summed E-state index contributed by atoms with van der Waals surface area (Å²) in [5.41, 5.74) is 1.59. The van der Waals surface area contributed by atoms with Gasteiger partial charge in [-0.15, -0.1) is 12.4 Å². The van der Waals surface area contributed by atoms with E-state index in [0.717, 1.165) is 24.1 Å². The van der Waals surface area contributed by atoms with Crippen LogP contribution in [0, 0.1) is 11.6 Å². The van der Waals surface area contributed by atoms with Gasteiger partial charge in [-0.25, -0.2) is 21.2 Å². The summed E-state index contributed by atoms with van der Waals surface area (Å²) >= 11 is 5.99. The topological polar surface area (TPSA) is 51.1 Å². The molecule has 154 valence electrons. The third-order valence-corrected chi connectivity index (χ3v) is 7.01. The molecule has 1 unspecified atom stereocenters. The average molecular weight is 459 g/mol. The summed E-state index contributed by atoms with van der Waals surface area (Å²) in [6, 6.07) is 10.7. The average Bonchev–Trinajstić information content (AvgIpc) is 3.20. The number of benzene rings is 2. The van der Waals surface area contributed by atoms with E-state index < -0.39 is 21.7 Å². The van der Waals surface area contributed by atoms with Gasteiger partial charge in [0.15, 0.2) is 0 Å². The standard InChI is InChI=1S/C20H17ClF2N2O2S.ClH/c1-24-18-7-8-19-16(18)11-20(15-6-5-13(22)10-17(15)23)25(19)28(26,27)14-4-2-3-12(21)9-14;/h2-6,9-11,18,24H,7-8H2,1H3;1H. The lowest BCUT2D eigenvalue weighted by Gasteiger charge is -2.14. The molecule has 0 aliphatic heterocycles. The summed E-state index contributed by atoms with van der Waals surface area (Å²) in [7, 11) is -2.24. The molecule has 9 heteroatoms. The van der Waals surface area contributed by atoms with Gasteiger partial charge in [0.1, 0.15) is 11.6 Å². The molecule has 2 aromatic carbocycles. The lowest BCUT2D eigenvalue weighted by Crippen LogP contribution is -2.17. The Morgan fingerprint density at radius 3 is 2.55 bits per heavy atom. The van der Waals surface area contributed by atoms with E-state index in [2.05, 4.69) is 5.32 Å². The van der Waals surface area contributed by atoms with Gasteiger partial charge in [0, 0.05) is 28.4 Å². The number of nitrogens with zero attached hydrogens (tertiary/aromatic N) is 1. The van der Waals surface area contributed by atoms with E-state index in [4.69, 9.17) is 11.6 Å². The molecule has 0 fully saturated rings. The molecule has 29 heavy (non-hydrogen) atoms. The highest BCUT2D eigenvalue weighted by Crippen LogP contribution is 2.40. The normalized spacial score (nSPS) is 15.8. The molecule has 0 saturated carbocycles. The van der Waals surface area contributed by atoms with Crippen molar-refractivity contribution in [3.05, 3.63) is 76.4 Å². The van der Waals surface area contributed by atoms with Gasteiger partial charge in [0.25, 0.3) is 10.0 Å². The van der Waals surface area contributed by atoms with Crippen LogP contribution in [0.15, 0.2) is 53.4 Å². The van der Waals surface area contributed by atoms with Gasteiger partial charge in [-0.2, -0.15) is 0 Å². The minimum atomic E-state index is -4.04. The Morgan fingerprint density at radius 2 is 1.90 bits per heavy atom. The van der Waals surface area contributed by atoms with Crippen molar-refractivity contribution in [3.63, 3.8) is 0 Å². The second-order valence-corrected chi connectivity index (χ2v) is 8.89. The molecule has 1 aliphatic carbocycles. The van der Waals surface area contributed by atoms with Crippen LogP contribution in [0.2, 0.25) is 5.02 Å². The zero-order valence-corrected chi connectivity index (χ0v) is 17.7. The number of halogens is 4. The molecule has 3 aromatic rings. The second-order valence-electron chi connectivity index (χ2n) is 6.66. The number of rotatable bonds is 4. The van der Waals surface area contributed by atoms with Crippen LogP contribution >= 0.6 is 24.0 Å². The van der Waals surface area contributed by atoms with Crippen molar-refractivity contribution in [1.82, 2.24) is 9.29 Å². The first-order valence-corrected chi connectivity index (χ1v) is 10.5. The quantitative estimate of drug-likeness (QED) is 0.601. The number of nitrogens with one attached hydrogen (secondary N) is 1. The molecule has 1 atom stereocenters. The molecule has 0 radical (unpaired) electrons. The Kier molecular flexibility index (Phi) is 6.06. The van der Waals surface area contributed by atoms with E-state index >= 15 is 0 Å². The summed E-state index contributed by atoms with van der Waals surface area (Å²) in [6.07, 6.45) is 1.25. The smallest absolute Gasteiger partial charge is 0.268 e. The second kappa shape index (κ2) is 8.07. The summed E-state index contributed by atoms with van der Waals surface area (Å²) in [5.74, 6) is -1.54. The molecule has 1 N–H and O–H groups in total. The van der Waals surface area contributed by atoms with Gasteiger partial charge in [0.05, 0.1) is 10.6 Å². The van der Waals surface area contributed by atoms with Gasteiger partial charge in [0.2, 0.25) is 0 Å². The SMILES string of the molecule is CNC1CCc2c1cc(-c1ccc(F)cc1F)n2S(=O)(=O)c1cccc(Cl)c1.Cl. The molecule has 0 amide bonds. The minimum Gasteiger partial charge on any atom is -0.313 e. The van der Waals surface area contributed by atoms with Crippen LogP contribution in [-0.2, 0) is 16.4 Å². The molecule has 0 spiro atoms. The first-order valence-electron chi connectivity index (χ1n) is 8.71. The molecule has 4 nitrogen and oxygen atoms in total. The van der Waals surface area contributed by atoms with Gasteiger partial charge >= 0.3 is 0 Å². The van der Waals surface area contributed by atoms with E-state index in [0.29, 0.717) is 12.1 Å². The Bertz CT molecular complexity index is 1180. The fourth-order valence-corrected chi connectivity index (χ4v) is 5.62. The van der Waals surface area contributed by atoms with Crippen molar-refractivity contribution < 1.29 is 17.2 Å². The molecule has 4 rings (SSSR count). The molecular weight excluding hydrogens is 441 g/mol. The van der Waals surface area contributed by atoms with Crippen LogP contribution in [0.4, 0.5) is 8.78 Å². The summed E-state index contributed by atoms with van der Waals surface area (Å²) < 4.78 is 56.0. The van der Waals surface area contributed by atoms with Gasteiger partial charge < -0.3 is 5.32 Å². The lowest BCUT2D eigenvalue weighted by molar-refractivity contribution is 0.579. The Morgan fingerprint density at radius 1 is 1.14 bits per heavy atom. The van der Waals surface area contributed by atoms with Crippen molar-refractivity contribution in [2.45, 2.75) is 23.8 Å². The van der Waals surface area contributed by atoms with Gasteiger partial charge in [-0.3, -0.25) is 0 Å². The maximum atomic E-state index is 14.5. The zero-order chi connectivity index (χ0) is 20.1. The molecule has 1 aromatic heterocycles. The first-order chi connectivity index (χ1) is 13.3.